The highest BCUT2D eigenvalue weighted by Gasteiger charge is 2.13. The first kappa shape index (κ1) is 19.1. The Balaban J connectivity index is 2.03. The maximum Gasteiger partial charge on any atom is 0.335 e. The largest absolute Gasteiger partial charge is 0.497 e. The van der Waals surface area contributed by atoms with E-state index in [0.29, 0.717) is 18.1 Å². The number of aryl methyl sites for hydroxylation is 1. The van der Waals surface area contributed by atoms with Crippen LogP contribution in [0.2, 0.25) is 0 Å². The van der Waals surface area contributed by atoms with Gasteiger partial charge in [0, 0.05) is 22.5 Å². The lowest BCUT2D eigenvalue weighted by Gasteiger charge is -2.14. The van der Waals surface area contributed by atoms with Gasteiger partial charge in [-0.25, -0.2) is 14.8 Å². The molecule has 0 unspecified atom stereocenters. The molecule has 28 heavy (non-hydrogen) atoms. The zero-order valence-corrected chi connectivity index (χ0v) is 15.8. The van der Waals surface area contributed by atoms with E-state index in [1.807, 2.05) is 31.2 Å². The second-order valence-electron chi connectivity index (χ2n) is 6.19. The van der Waals surface area contributed by atoms with Gasteiger partial charge in [-0.15, -0.1) is 6.58 Å². The van der Waals surface area contributed by atoms with E-state index in [1.165, 1.54) is 0 Å². The maximum absolute atomic E-state index is 11.0. The highest BCUT2D eigenvalue weighted by molar-refractivity contribution is 5.88. The number of nitrogens with zero attached hydrogens (tertiary/aromatic N) is 2. The Hall–Kier alpha value is -3.67. The van der Waals surface area contributed by atoms with Crippen molar-refractivity contribution >= 4 is 17.5 Å². The smallest absolute Gasteiger partial charge is 0.335 e. The summed E-state index contributed by atoms with van der Waals surface area (Å²) in [6, 6.07) is 14.1. The number of allylic oxidation sites excluding steroid dienone is 1. The second-order valence-corrected chi connectivity index (χ2v) is 6.19. The van der Waals surface area contributed by atoms with Gasteiger partial charge in [-0.2, -0.15) is 0 Å². The number of aromatic nitrogens is 2. The minimum absolute atomic E-state index is 0.229. The fourth-order valence-corrected chi connectivity index (χ4v) is 2.81. The van der Waals surface area contributed by atoms with E-state index in [-0.39, 0.29) is 5.56 Å². The van der Waals surface area contributed by atoms with Crippen molar-refractivity contribution in [3.8, 4) is 17.1 Å². The van der Waals surface area contributed by atoms with Crippen molar-refractivity contribution in [2.45, 2.75) is 13.3 Å². The fraction of sp³-hybridized carbons (Fsp3) is 0.136. The molecule has 0 amide bonds. The zero-order valence-electron chi connectivity index (χ0n) is 15.8. The van der Waals surface area contributed by atoms with Crippen LogP contribution in [-0.4, -0.2) is 28.2 Å². The van der Waals surface area contributed by atoms with Crippen LogP contribution < -0.4 is 10.1 Å². The van der Waals surface area contributed by atoms with Gasteiger partial charge >= 0.3 is 5.97 Å². The Morgan fingerprint density at radius 2 is 1.96 bits per heavy atom. The molecule has 0 aliphatic heterocycles. The average Bonchev–Trinajstić information content (AvgIpc) is 2.70. The third-order valence-corrected chi connectivity index (χ3v) is 4.28. The lowest BCUT2D eigenvalue weighted by Crippen LogP contribution is -2.06. The third kappa shape index (κ3) is 4.17. The summed E-state index contributed by atoms with van der Waals surface area (Å²) in [7, 11) is 1.62. The van der Waals surface area contributed by atoms with E-state index in [9.17, 15) is 4.79 Å². The lowest BCUT2D eigenvalue weighted by molar-refractivity contribution is 0.0697. The van der Waals surface area contributed by atoms with Gasteiger partial charge in [0.1, 0.15) is 11.6 Å². The van der Waals surface area contributed by atoms with Gasteiger partial charge in [-0.1, -0.05) is 18.2 Å². The van der Waals surface area contributed by atoms with E-state index in [0.717, 1.165) is 28.3 Å². The highest BCUT2D eigenvalue weighted by atomic mass is 16.5. The topological polar surface area (TPSA) is 84.3 Å². The molecule has 3 aromatic rings. The molecule has 2 N–H and O–H groups in total. The van der Waals surface area contributed by atoms with E-state index >= 15 is 0 Å². The Morgan fingerprint density at radius 1 is 1.21 bits per heavy atom. The molecule has 0 bridgehead atoms. The zero-order chi connectivity index (χ0) is 20.1. The Bertz CT molecular complexity index is 1010. The number of carboxylic acid groups (broad SMARTS) is 1. The van der Waals surface area contributed by atoms with Crippen LogP contribution in [0.5, 0.6) is 5.75 Å². The summed E-state index contributed by atoms with van der Waals surface area (Å²) in [4.78, 5) is 20.4. The van der Waals surface area contributed by atoms with Gasteiger partial charge in [-0.3, -0.25) is 0 Å². The van der Waals surface area contributed by atoms with Gasteiger partial charge in [0.15, 0.2) is 5.82 Å². The van der Waals surface area contributed by atoms with Crippen molar-refractivity contribution in [2.75, 3.05) is 12.4 Å². The van der Waals surface area contributed by atoms with Crippen molar-refractivity contribution in [1.29, 1.82) is 0 Å². The summed E-state index contributed by atoms with van der Waals surface area (Å²) in [5.74, 6) is 1.01. The summed E-state index contributed by atoms with van der Waals surface area (Å²) in [5, 5.41) is 12.3. The second kappa shape index (κ2) is 8.35. The predicted molar refractivity (Wildman–Crippen MR) is 109 cm³/mol. The SMILES string of the molecule is C=CCc1c(C)nc(-c2cccc(OC)c2)nc1Nc1ccc(C(=O)O)cc1. The molecule has 0 saturated heterocycles. The summed E-state index contributed by atoms with van der Waals surface area (Å²) < 4.78 is 5.29. The summed E-state index contributed by atoms with van der Waals surface area (Å²) in [5.41, 5.74) is 3.59. The number of hydrogen-bond acceptors (Lipinski definition) is 5. The quantitative estimate of drug-likeness (QED) is 0.586. The first-order valence-electron chi connectivity index (χ1n) is 8.75. The van der Waals surface area contributed by atoms with Crippen molar-refractivity contribution in [2.24, 2.45) is 0 Å². The first-order valence-corrected chi connectivity index (χ1v) is 8.75. The van der Waals surface area contributed by atoms with Crippen LogP contribution in [0.4, 0.5) is 11.5 Å². The molecule has 0 aliphatic carbocycles. The van der Waals surface area contributed by atoms with Crippen molar-refractivity contribution in [1.82, 2.24) is 9.97 Å². The number of anilines is 2. The average molecular weight is 375 g/mol. The molecule has 1 aromatic heterocycles. The van der Waals surface area contributed by atoms with Crippen LogP contribution in [-0.2, 0) is 6.42 Å². The normalized spacial score (nSPS) is 10.4. The van der Waals surface area contributed by atoms with Gasteiger partial charge in [0.05, 0.1) is 12.7 Å². The molecule has 2 aromatic carbocycles. The minimum atomic E-state index is -0.961. The molecule has 1 heterocycles. The van der Waals surface area contributed by atoms with Crippen molar-refractivity contribution in [3.63, 3.8) is 0 Å². The Morgan fingerprint density at radius 3 is 2.61 bits per heavy atom. The van der Waals surface area contributed by atoms with Crippen molar-refractivity contribution < 1.29 is 14.6 Å². The number of rotatable bonds is 7. The number of benzene rings is 2. The van der Waals surface area contributed by atoms with Crippen LogP contribution in [0.3, 0.4) is 0 Å². The maximum atomic E-state index is 11.0. The molecule has 142 valence electrons. The number of hydrogen-bond donors (Lipinski definition) is 2. The van der Waals surface area contributed by atoms with Gasteiger partial charge in [0.2, 0.25) is 0 Å². The molecule has 0 atom stereocenters. The number of methoxy groups -OCH3 is 1. The number of carboxylic acids is 1. The van der Waals surface area contributed by atoms with Crippen molar-refractivity contribution in [3.05, 3.63) is 78.0 Å². The third-order valence-electron chi connectivity index (χ3n) is 4.28. The van der Waals surface area contributed by atoms with Crippen LogP contribution in [0, 0.1) is 6.92 Å². The molecule has 0 spiro atoms. The summed E-state index contributed by atoms with van der Waals surface area (Å²) >= 11 is 0. The number of aromatic carboxylic acids is 1. The molecule has 6 heteroatoms. The fourth-order valence-electron chi connectivity index (χ4n) is 2.81. The van der Waals surface area contributed by atoms with E-state index in [1.54, 1.807) is 37.5 Å². The lowest BCUT2D eigenvalue weighted by atomic mass is 10.1. The summed E-state index contributed by atoms with van der Waals surface area (Å²) in [6.07, 6.45) is 2.41. The van der Waals surface area contributed by atoms with Gasteiger partial charge in [0.25, 0.3) is 0 Å². The summed E-state index contributed by atoms with van der Waals surface area (Å²) in [6.45, 7) is 5.75. The van der Waals surface area contributed by atoms with Crippen LogP contribution in [0.25, 0.3) is 11.4 Å². The minimum Gasteiger partial charge on any atom is -0.497 e. The van der Waals surface area contributed by atoms with Crippen LogP contribution in [0.1, 0.15) is 21.6 Å². The molecular weight excluding hydrogens is 354 g/mol. The molecule has 0 fully saturated rings. The van der Waals surface area contributed by atoms with E-state index in [4.69, 9.17) is 14.8 Å². The van der Waals surface area contributed by atoms with E-state index in [2.05, 4.69) is 16.9 Å². The van der Waals surface area contributed by atoms with Gasteiger partial charge in [-0.05, 0) is 49.7 Å². The highest BCUT2D eigenvalue weighted by Crippen LogP contribution is 2.27. The monoisotopic (exact) mass is 375 g/mol. The van der Waals surface area contributed by atoms with Crippen LogP contribution >= 0.6 is 0 Å². The molecule has 0 saturated carbocycles. The molecule has 6 nitrogen and oxygen atoms in total. The molecule has 0 aliphatic rings. The number of nitrogens with one attached hydrogen (secondary N) is 1. The Kier molecular flexibility index (Phi) is 5.69. The van der Waals surface area contributed by atoms with E-state index < -0.39 is 5.97 Å². The Labute approximate surface area is 163 Å². The van der Waals surface area contributed by atoms with Crippen LogP contribution in [0.15, 0.2) is 61.2 Å². The van der Waals surface area contributed by atoms with Gasteiger partial charge < -0.3 is 15.2 Å². The predicted octanol–water partition coefficient (Wildman–Crippen LogP) is 4.63. The standard InChI is InChI=1S/C22H21N3O3/c1-4-6-19-14(2)23-20(16-7-5-8-18(13-16)28-3)25-21(19)24-17-11-9-15(10-12-17)22(26)27/h4-5,7-13H,1,6H2,2-3H3,(H,26,27)(H,23,24,25). The molecule has 0 radical (unpaired) electrons. The first-order chi connectivity index (χ1) is 13.5. The molecule has 3 rings (SSSR count). The number of ether oxygens (including phenoxy) is 1. The molecular formula is C22H21N3O3. The number of carbonyl (C=O) groups is 1.